The van der Waals surface area contributed by atoms with E-state index in [9.17, 15) is 31.1 Å². The highest BCUT2D eigenvalue weighted by molar-refractivity contribution is 5.73. The van der Waals surface area contributed by atoms with Crippen LogP contribution in [0.1, 0.15) is 16.7 Å². The van der Waals surface area contributed by atoms with Gasteiger partial charge in [0, 0.05) is 12.4 Å². The highest BCUT2D eigenvalue weighted by Gasteiger charge is 2.41. The first-order valence-electron chi connectivity index (χ1n) is 4.75. The van der Waals surface area contributed by atoms with E-state index in [0.717, 1.165) is 7.11 Å². The summed E-state index contributed by atoms with van der Waals surface area (Å²) in [6.07, 6.45) is -10.7. The molecule has 1 heterocycles. The van der Waals surface area contributed by atoms with E-state index in [0.29, 0.717) is 0 Å². The van der Waals surface area contributed by atoms with Crippen LogP contribution in [0.3, 0.4) is 0 Å². The summed E-state index contributed by atoms with van der Waals surface area (Å²) < 4.78 is 79.8. The highest BCUT2D eigenvalue weighted by Crippen LogP contribution is 2.38. The van der Waals surface area contributed by atoms with Crippen molar-refractivity contribution in [2.24, 2.45) is 0 Å². The predicted molar refractivity (Wildman–Crippen MR) is 50.0 cm³/mol. The highest BCUT2D eigenvalue weighted by atomic mass is 19.4. The number of pyridine rings is 1. The van der Waals surface area contributed by atoms with Gasteiger partial charge in [0.05, 0.1) is 24.7 Å². The van der Waals surface area contributed by atoms with E-state index in [1.54, 1.807) is 0 Å². The number of ether oxygens (including phenoxy) is 1. The molecule has 0 spiro atoms. The zero-order valence-electron chi connectivity index (χ0n) is 9.39. The van der Waals surface area contributed by atoms with Crippen LogP contribution in [0.25, 0.3) is 0 Å². The lowest BCUT2D eigenvalue weighted by Gasteiger charge is -2.17. The smallest absolute Gasteiger partial charge is 0.418 e. The summed E-state index contributed by atoms with van der Waals surface area (Å²) in [6.45, 7) is 0. The number of aromatic nitrogens is 1. The van der Waals surface area contributed by atoms with E-state index >= 15 is 0 Å². The number of halogens is 6. The normalized spacial score (nSPS) is 12.4. The lowest BCUT2D eigenvalue weighted by Crippen LogP contribution is -2.20. The Morgan fingerprint density at radius 3 is 1.84 bits per heavy atom. The molecular weight excluding hydrogens is 280 g/mol. The lowest BCUT2D eigenvalue weighted by atomic mass is 10.0. The van der Waals surface area contributed by atoms with Crippen LogP contribution in [0.2, 0.25) is 0 Å². The second-order valence-corrected chi connectivity index (χ2v) is 3.46. The van der Waals surface area contributed by atoms with Gasteiger partial charge in [-0.2, -0.15) is 26.3 Å². The molecule has 19 heavy (non-hydrogen) atoms. The largest absolute Gasteiger partial charge is 0.469 e. The summed E-state index contributed by atoms with van der Waals surface area (Å²) in [5.41, 5.74) is -4.40. The fraction of sp³-hybridized carbons (Fsp3) is 0.400. The van der Waals surface area contributed by atoms with Crippen molar-refractivity contribution in [1.29, 1.82) is 0 Å². The van der Waals surface area contributed by atoms with Crippen molar-refractivity contribution in [2.75, 3.05) is 7.11 Å². The van der Waals surface area contributed by atoms with Crippen LogP contribution < -0.4 is 0 Å². The monoisotopic (exact) mass is 287 g/mol. The lowest BCUT2D eigenvalue weighted by molar-refractivity contribution is -0.146. The Hall–Kier alpha value is -1.80. The van der Waals surface area contributed by atoms with Crippen molar-refractivity contribution in [3.63, 3.8) is 0 Å². The Morgan fingerprint density at radius 2 is 1.53 bits per heavy atom. The molecule has 106 valence electrons. The van der Waals surface area contributed by atoms with Gasteiger partial charge in [0.2, 0.25) is 0 Å². The minimum Gasteiger partial charge on any atom is -0.469 e. The van der Waals surface area contributed by atoms with E-state index in [2.05, 4.69) is 9.72 Å². The molecule has 0 N–H and O–H groups in total. The van der Waals surface area contributed by atoms with Crippen molar-refractivity contribution in [2.45, 2.75) is 18.8 Å². The van der Waals surface area contributed by atoms with Gasteiger partial charge in [0.1, 0.15) is 0 Å². The minimum absolute atomic E-state index is 0.244. The van der Waals surface area contributed by atoms with Crippen molar-refractivity contribution in [1.82, 2.24) is 4.98 Å². The second-order valence-electron chi connectivity index (χ2n) is 3.46. The maximum atomic E-state index is 12.6. The van der Waals surface area contributed by atoms with E-state index in [1.165, 1.54) is 0 Å². The molecule has 0 aliphatic carbocycles. The number of rotatable bonds is 2. The van der Waals surface area contributed by atoms with E-state index in [1.807, 2.05) is 0 Å². The van der Waals surface area contributed by atoms with Gasteiger partial charge in [-0.1, -0.05) is 0 Å². The summed E-state index contributed by atoms with van der Waals surface area (Å²) in [4.78, 5) is 13.9. The summed E-state index contributed by atoms with van der Waals surface area (Å²) in [7, 11) is 0.865. The van der Waals surface area contributed by atoms with Crippen LogP contribution in [0.4, 0.5) is 26.3 Å². The minimum atomic E-state index is -5.04. The maximum absolute atomic E-state index is 12.6. The van der Waals surface area contributed by atoms with Gasteiger partial charge in [-0.05, 0) is 5.56 Å². The van der Waals surface area contributed by atoms with Gasteiger partial charge in [-0.3, -0.25) is 9.78 Å². The molecule has 1 aromatic heterocycles. The Bertz CT molecular complexity index is 448. The molecule has 0 aromatic carbocycles. The number of esters is 1. The first-order chi connectivity index (χ1) is 8.57. The third kappa shape index (κ3) is 3.58. The molecule has 0 aliphatic heterocycles. The number of hydrogen-bond acceptors (Lipinski definition) is 3. The molecule has 0 atom stereocenters. The zero-order valence-corrected chi connectivity index (χ0v) is 9.39. The van der Waals surface area contributed by atoms with Crippen LogP contribution in [-0.2, 0) is 28.3 Å². The predicted octanol–water partition coefficient (Wildman–Crippen LogP) is 2.83. The van der Waals surface area contributed by atoms with Crippen molar-refractivity contribution >= 4 is 5.97 Å². The fourth-order valence-electron chi connectivity index (χ4n) is 1.38. The molecule has 0 radical (unpaired) electrons. The molecule has 1 rings (SSSR count). The average Bonchev–Trinajstić information content (AvgIpc) is 2.26. The quantitative estimate of drug-likeness (QED) is 0.620. The number of carbonyl (C=O) groups excluding carboxylic acids is 1. The molecule has 0 saturated carbocycles. The van der Waals surface area contributed by atoms with Gasteiger partial charge in [-0.15, -0.1) is 0 Å². The van der Waals surface area contributed by atoms with E-state index in [4.69, 9.17) is 0 Å². The molecule has 0 aliphatic rings. The molecule has 0 amide bonds. The third-order valence-corrected chi connectivity index (χ3v) is 2.22. The third-order valence-electron chi connectivity index (χ3n) is 2.22. The van der Waals surface area contributed by atoms with Gasteiger partial charge >= 0.3 is 18.3 Å². The summed E-state index contributed by atoms with van der Waals surface area (Å²) in [6, 6.07) is 0. The van der Waals surface area contributed by atoms with Crippen LogP contribution in [0.5, 0.6) is 0 Å². The number of hydrogen-bond donors (Lipinski definition) is 0. The van der Waals surface area contributed by atoms with Crippen LogP contribution >= 0.6 is 0 Å². The standard InChI is InChI=1S/C10H7F6NO2/c1-19-8(18)2-5-6(9(11,12)13)3-17-4-7(5)10(14,15)16/h3-4H,2H2,1H3. The first kappa shape index (κ1) is 15.3. The van der Waals surface area contributed by atoms with Crippen molar-refractivity contribution in [3.05, 3.63) is 29.1 Å². The molecule has 0 fully saturated rings. The molecule has 3 nitrogen and oxygen atoms in total. The van der Waals surface area contributed by atoms with Crippen LogP contribution in [0.15, 0.2) is 12.4 Å². The molecular formula is C10H7F6NO2. The van der Waals surface area contributed by atoms with Gasteiger partial charge in [0.25, 0.3) is 0 Å². The number of alkyl halides is 6. The number of methoxy groups -OCH3 is 1. The summed E-state index contributed by atoms with van der Waals surface area (Å²) in [5.74, 6) is -1.21. The summed E-state index contributed by atoms with van der Waals surface area (Å²) in [5, 5.41) is 0. The Labute approximate surface area is 103 Å². The summed E-state index contributed by atoms with van der Waals surface area (Å²) >= 11 is 0. The zero-order chi connectivity index (χ0) is 14.8. The Balaban J connectivity index is 3.45. The van der Waals surface area contributed by atoms with Crippen LogP contribution in [-0.4, -0.2) is 18.1 Å². The fourth-order valence-corrected chi connectivity index (χ4v) is 1.38. The van der Waals surface area contributed by atoms with E-state index in [-0.39, 0.29) is 12.4 Å². The molecule has 0 saturated heterocycles. The Kier molecular flexibility index (Phi) is 4.06. The SMILES string of the molecule is COC(=O)Cc1c(C(F)(F)F)cncc1C(F)(F)F. The number of nitrogens with zero attached hydrogens (tertiary/aromatic N) is 1. The first-order valence-corrected chi connectivity index (χ1v) is 4.75. The number of carbonyl (C=O) groups is 1. The van der Waals surface area contributed by atoms with Gasteiger partial charge in [-0.25, -0.2) is 0 Å². The Morgan fingerprint density at radius 1 is 1.11 bits per heavy atom. The molecule has 1 aromatic rings. The van der Waals surface area contributed by atoms with Crippen LogP contribution in [0, 0.1) is 0 Å². The van der Waals surface area contributed by atoms with Gasteiger partial charge in [0.15, 0.2) is 0 Å². The molecule has 0 unspecified atom stereocenters. The topological polar surface area (TPSA) is 39.2 Å². The second kappa shape index (κ2) is 5.06. The van der Waals surface area contributed by atoms with Gasteiger partial charge < -0.3 is 4.74 Å². The van der Waals surface area contributed by atoms with E-state index < -0.39 is 41.4 Å². The van der Waals surface area contributed by atoms with Crippen molar-refractivity contribution in [3.8, 4) is 0 Å². The average molecular weight is 287 g/mol. The molecule has 9 heteroatoms. The van der Waals surface area contributed by atoms with Crippen molar-refractivity contribution < 1.29 is 35.9 Å². The maximum Gasteiger partial charge on any atom is 0.418 e. The molecule has 0 bridgehead atoms.